The number of carbonyl (C=O) groups is 4. The minimum absolute atomic E-state index is 0.0208. The molecule has 3 aromatic rings. The van der Waals surface area contributed by atoms with Crippen LogP contribution in [0.5, 0.6) is 17.2 Å². The predicted molar refractivity (Wildman–Crippen MR) is 250 cm³/mol. The van der Waals surface area contributed by atoms with Crippen LogP contribution < -0.4 is 35.1 Å². The van der Waals surface area contributed by atoms with E-state index < -0.39 is 17.9 Å². The molecule has 2 saturated carbocycles. The van der Waals surface area contributed by atoms with Crippen molar-refractivity contribution in [3.05, 3.63) is 82.4 Å². The van der Waals surface area contributed by atoms with Crippen LogP contribution in [-0.4, -0.2) is 105 Å². The molecular weight excluding hydrogens is 837 g/mol. The SMILES string of the molecule is Cc1cc(OC2C(C)(C)C(NC(=O)c3ccc(N4CCC(CN5CCOCCCCOc6cc(C(=O)NC7CCC(=O)NC7=O)ccc6OC6CC5C6)CC4)cc3)C2(C)C)cc(C)c1C#N. The van der Waals surface area contributed by atoms with Gasteiger partial charge in [0, 0.05) is 91.8 Å². The quantitative estimate of drug-likeness (QED) is 0.197. The summed E-state index contributed by atoms with van der Waals surface area (Å²) < 4.78 is 25.3. The Hall–Kier alpha value is -5.65. The van der Waals surface area contributed by atoms with Gasteiger partial charge in [-0.15, -0.1) is 0 Å². The second-order valence-corrected chi connectivity index (χ2v) is 20.2. The van der Waals surface area contributed by atoms with Crippen molar-refractivity contribution < 1.29 is 38.1 Å². The van der Waals surface area contributed by atoms with Gasteiger partial charge in [0.1, 0.15) is 24.0 Å². The van der Waals surface area contributed by atoms with Crippen LogP contribution in [0.3, 0.4) is 0 Å². The fourth-order valence-corrected chi connectivity index (χ4v) is 11.1. The first-order chi connectivity index (χ1) is 31.6. The lowest BCUT2D eigenvalue weighted by Gasteiger charge is -2.63. The molecule has 4 heterocycles. The van der Waals surface area contributed by atoms with Crippen LogP contribution in [0.25, 0.3) is 0 Å². The van der Waals surface area contributed by atoms with Gasteiger partial charge >= 0.3 is 0 Å². The van der Waals surface area contributed by atoms with Gasteiger partial charge in [-0.25, -0.2) is 0 Å². The van der Waals surface area contributed by atoms with Gasteiger partial charge in [-0.1, -0.05) is 27.7 Å². The van der Waals surface area contributed by atoms with E-state index in [2.05, 4.69) is 71.6 Å². The van der Waals surface area contributed by atoms with Crippen molar-refractivity contribution in [3.63, 3.8) is 0 Å². The highest BCUT2D eigenvalue weighted by Crippen LogP contribution is 2.55. The fraction of sp³-hybridized carbons (Fsp3) is 0.558. The van der Waals surface area contributed by atoms with E-state index >= 15 is 0 Å². The summed E-state index contributed by atoms with van der Waals surface area (Å²) >= 11 is 0. The molecule has 3 aromatic carbocycles. The number of aryl methyl sites for hydroxylation is 2. The zero-order valence-electron chi connectivity index (χ0n) is 39.4. The van der Waals surface area contributed by atoms with Crippen LogP contribution in [0.4, 0.5) is 5.69 Å². The topological polar surface area (TPSA) is 172 Å². The summed E-state index contributed by atoms with van der Waals surface area (Å²) in [5.74, 6) is 1.09. The predicted octanol–water partition coefficient (Wildman–Crippen LogP) is 6.64. The Morgan fingerprint density at radius 3 is 2.18 bits per heavy atom. The molecule has 6 aliphatic rings. The van der Waals surface area contributed by atoms with Gasteiger partial charge in [-0.3, -0.25) is 29.4 Å². The summed E-state index contributed by atoms with van der Waals surface area (Å²) in [6.45, 7) is 18.0. The van der Waals surface area contributed by atoms with Gasteiger partial charge in [0.15, 0.2) is 11.5 Å². The number of carbonyl (C=O) groups excluding carboxylic acids is 4. The molecule has 3 N–H and O–H groups in total. The molecular formula is C52H66N6O8. The highest BCUT2D eigenvalue weighted by atomic mass is 16.5. The molecule has 66 heavy (non-hydrogen) atoms. The number of hydrogen-bond donors (Lipinski definition) is 3. The second-order valence-electron chi connectivity index (χ2n) is 20.2. The molecule has 0 radical (unpaired) electrons. The average molecular weight is 903 g/mol. The third-order valence-corrected chi connectivity index (χ3v) is 14.7. The number of hydrogen-bond acceptors (Lipinski definition) is 11. The number of nitrogens with one attached hydrogen (secondary N) is 3. The fourth-order valence-electron chi connectivity index (χ4n) is 11.1. The number of fused-ring (bicyclic) bond motifs is 8. The summed E-state index contributed by atoms with van der Waals surface area (Å²) in [5, 5.41) is 17.9. The number of rotatable bonds is 9. The van der Waals surface area contributed by atoms with Crippen LogP contribution in [0.2, 0.25) is 0 Å². The molecule has 4 amide bonds. The van der Waals surface area contributed by atoms with Crippen LogP contribution in [0, 0.1) is 41.9 Å². The molecule has 2 bridgehead atoms. The van der Waals surface area contributed by atoms with E-state index in [0.29, 0.717) is 60.0 Å². The summed E-state index contributed by atoms with van der Waals surface area (Å²) in [6.07, 6.45) is 5.89. The lowest BCUT2D eigenvalue weighted by atomic mass is 9.49. The number of anilines is 1. The Bertz CT molecular complexity index is 2290. The number of nitrogens with zero attached hydrogens (tertiary/aromatic N) is 3. The highest BCUT2D eigenvalue weighted by molar-refractivity contribution is 6.04. The van der Waals surface area contributed by atoms with Crippen LogP contribution in [0.15, 0.2) is 54.6 Å². The van der Waals surface area contributed by atoms with Gasteiger partial charge in [-0.05, 0) is 118 Å². The van der Waals surface area contributed by atoms with E-state index in [0.717, 1.165) is 87.3 Å². The molecule has 2 saturated heterocycles. The molecule has 0 spiro atoms. The van der Waals surface area contributed by atoms with E-state index in [1.807, 2.05) is 38.1 Å². The normalized spacial score (nSPS) is 25.7. The molecule has 4 fully saturated rings. The Balaban J connectivity index is 0.819. The summed E-state index contributed by atoms with van der Waals surface area (Å²) in [5.41, 5.74) is 3.97. The lowest BCUT2D eigenvalue weighted by molar-refractivity contribution is -0.164. The third-order valence-electron chi connectivity index (χ3n) is 14.7. The molecule has 2 aliphatic carbocycles. The van der Waals surface area contributed by atoms with Crippen molar-refractivity contribution in [2.45, 2.75) is 123 Å². The minimum Gasteiger partial charge on any atom is -0.490 e. The smallest absolute Gasteiger partial charge is 0.252 e. The van der Waals surface area contributed by atoms with Crippen molar-refractivity contribution >= 4 is 29.3 Å². The molecule has 9 rings (SSSR count). The number of nitriles is 1. The number of imide groups is 1. The maximum absolute atomic E-state index is 13.7. The molecule has 14 heteroatoms. The average Bonchev–Trinajstić information content (AvgIpc) is 3.28. The van der Waals surface area contributed by atoms with Gasteiger partial charge in [-0.2, -0.15) is 5.26 Å². The summed E-state index contributed by atoms with van der Waals surface area (Å²) in [6, 6.07) is 18.8. The molecule has 1 unspecified atom stereocenters. The van der Waals surface area contributed by atoms with E-state index in [1.165, 1.54) is 0 Å². The van der Waals surface area contributed by atoms with Crippen LogP contribution >= 0.6 is 0 Å². The highest BCUT2D eigenvalue weighted by Gasteiger charge is 2.64. The molecule has 0 aromatic heterocycles. The first-order valence-corrected chi connectivity index (χ1v) is 23.8. The zero-order chi connectivity index (χ0) is 46.8. The van der Waals surface area contributed by atoms with Crippen molar-refractivity contribution in [2.75, 3.05) is 50.9 Å². The van der Waals surface area contributed by atoms with Gasteiger partial charge in [0.2, 0.25) is 11.8 Å². The molecule has 1 atom stereocenters. The molecule has 4 aliphatic heterocycles. The van der Waals surface area contributed by atoms with E-state index in [9.17, 15) is 24.4 Å². The Morgan fingerprint density at radius 2 is 1.50 bits per heavy atom. The molecule has 14 nitrogen and oxygen atoms in total. The molecule has 352 valence electrons. The second kappa shape index (κ2) is 19.7. The van der Waals surface area contributed by atoms with Crippen molar-refractivity contribution in [3.8, 4) is 23.3 Å². The number of benzene rings is 3. The first kappa shape index (κ1) is 46.9. The summed E-state index contributed by atoms with van der Waals surface area (Å²) in [7, 11) is 0. The van der Waals surface area contributed by atoms with Crippen molar-refractivity contribution in [1.29, 1.82) is 5.26 Å². The lowest BCUT2D eigenvalue weighted by Crippen LogP contribution is -2.74. The van der Waals surface area contributed by atoms with E-state index in [1.54, 1.807) is 18.2 Å². The van der Waals surface area contributed by atoms with Crippen molar-refractivity contribution in [1.82, 2.24) is 20.9 Å². The van der Waals surface area contributed by atoms with E-state index in [-0.39, 0.29) is 53.7 Å². The largest absolute Gasteiger partial charge is 0.490 e. The Morgan fingerprint density at radius 1 is 0.833 bits per heavy atom. The Kier molecular flexibility index (Phi) is 14.0. The monoisotopic (exact) mass is 902 g/mol. The standard InChI is InChI=1S/C52H66N6O8/c1-32-25-39(26-33(2)41(32)30-53)66-50-51(3,4)49(52(50,5)6)56-46(60)35-9-12-37(13-10-35)57-19-17-34(18-20-57)31-58-21-24-63-22-7-8-23-64-44-27-36(11-15-43(44)65-40-28-38(58)29-40)47(61)54-42-14-16-45(59)55-48(42)62/h9-13,15,25-27,34,38,40,42,49-50H,7-8,14,16-24,28-29,31H2,1-6H3,(H,54,61)(H,56,60)(H,55,59,62). The first-order valence-electron chi connectivity index (χ1n) is 23.8. The number of piperidine rings is 2. The minimum atomic E-state index is -0.764. The van der Waals surface area contributed by atoms with Crippen LogP contribution in [0.1, 0.15) is 116 Å². The maximum Gasteiger partial charge on any atom is 0.252 e. The summed E-state index contributed by atoms with van der Waals surface area (Å²) in [4.78, 5) is 55.7. The van der Waals surface area contributed by atoms with Crippen molar-refractivity contribution in [2.24, 2.45) is 16.7 Å². The van der Waals surface area contributed by atoms with Crippen LogP contribution in [-0.2, 0) is 14.3 Å². The number of amides is 4. The van der Waals surface area contributed by atoms with E-state index in [4.69, 9.17) is 18.9 Å². The van der Waals surface area contributed by atoms with Gasteiger partial charge in [0.05, 0.1) is 24.8 Å². The van der Waals surface area contributed by atoms with Gasteiger partial charge < -0.3 is 34.5 Å². The third kappa shape index (κ3) is 10.2. The number of ether oxygens (including phenoxy) is 4. The maximum atomic E-state index is 13.7. The zero-order valence-corrected chi connectivity index (χ0v) is 39.4. The van der Waals surface area contributed by atoms with Gasteiger partial charge in [0.25, 0.3) is 11.8 Å². The Labute approximate surface area is 389 Å².